The highest BCUT2D eigenvalue weighted by atomic mass is 16.2. The van der Waals surface area contributed by atoms with E-state index < -0.39 is 0 Å². The molecular formula is C19H32N6O. The minimum atomic E-state index is -0.0198. The molecule has 1 amide bonds. The predicted molar refractivity (Wildman–Crippen MR) is 104 cm³/mol. The number of aromatic nitrogens is 1. The highest BCUT2D eigenvalue weighted by Gasteiger charge is 2.30. The van der Waals surface area contributed by atoms with Gasteiger partial charge in [-0.05, 0) is 31.9 Å². The first-order chi connectivity index (χ1) is 12.6. The lowest BCUT2D eigenvalue weighted by Gasteiger charge is -2.39. The normalized spacial score (nSPS) is 20.5. The molecule has 1 aromatic heterocycles. The molecule has 1 N–H and O–H groups in total. The first-order valence-electron chi connectivity index (χ1n) is 9.69. The molecule has 0 aromatic carbocycles. The van der Waals surface area contributed by atoms with Crippen LogP contribution in [0.2, 0.25) is 0 Å². The summed E-state index contributed by atoms with van der Waals surface area (Å²) in [6, 6.07) is 4.15. The van der Waals surface area contributed by atoms with Crippen LogP contribution in [0.25, 0.3) is 0 Å². The van der Waals surface area contributed by atoms with Gasteiger partial charge in [0.15, 0.2) is 5.96 Å². The molecule has 0 saturated carbocycles. The van der Waals surface area contributed by atoms with Gasteiger partial charge in [0.05, 0.1) is 12.6 Å². The van der Waals surface area contributed by atoms with Crippen molar-refractivity contribution in [2.24, 2.45) is 12.0 Å². The summed E-state index contributed by atoms with van der Waals surface area (Å²) >= 11 is 0. The van der Waals surface area contributed by atoms with Crippen molar-refractivity contribution in [2.75, 3.05) is 46.3 Å². The molecule has 7 heteroatoms. The highest BCUT2D eigenvalue weighted by Crippen LogP contribution is 2.14. The minimum Gasteiger partial charge on any atom is -0.353 e. The second-order valence-electron chi connectivity index (χ2n) is 7.24. The van der Waals surface area contributed by atoms with Gasteiger partial charge in [-0.1, -0.05) is 0 Å². The summed E-state index contributed by atoms with van der Waals surface area (Å²) < 4.78 is 2.11. The number of carbonyl (C=O) groups is 1. The number of hydrogen-bond donors (Lipinski definition) is 1. The molecule has 7 nitrogen and oxygen atoms in total. The standard InChI is InChI=1S/C19H32N6O/c1-16(18(26)24-9-4-5-10-24)23-11-13-25(14-12-23)19(20-2)21-15-17-7-6-8-22(17)3/h6-8,16H,4-5,9-15H2,1-3H3,(H,20,21). The van der Waals surface area contributed by atoms with Gasteiger partial charge in [0.1, 0.15) is 0 Å². The maximum absolute atomic E-state index is 12.6. The lowest BCUT2D eigenvalue weighted by atomic mass is 10.2. The summed E-state index contributed by atoms with van der Waals surface area (Å²) in [6.07, 6.45) is 4.35. The predicted octanol–water partition coefficient (Wildman–Crippen LogP) is 0.729. The molecule has 2 fully saturated rings. The van der Waals surface area contributed by atoms with Crippen LogP contribution in [0.5, 0.6) is 0 Å². The van der Waals surface area contributed by atoms with Crippen LogP contribution in [-0.2, 0) is 18.4 Å². The lowest BCUT2D eigenvalue weighted by Crippen LogP contribution is -2.57. The first-order valence-corrected chi connectivity index (χ1v) is 9.69. The van der Waals surface area contributed by atoms with Crippen LogP contribution >= 0.6 is 0 Å². The molecule has 2 aliphatic heterocycles. The minimum absolute atomic E-state index is 0.0198. The van der Waals surface area contributed by atoms with E-state index in [-0.39, 0.29) is 6.04 Å². The van der Waals surface area contributed by atoms with Crippen molar-refractivity contribution < 1.29 is 4.79 Å². The second-order valence-corrected chi connectivity index (χ2v) is 7.24. The lowest BCUT2D eigenvalue weighted by molar-refractivity contribution is -0.135. The molecule has 0 spiro atoms. The Hall–Kier alpha value is -2.02. The molecule has 0 aliphatic carbocycles. The SMILES string of the molecule is CN=C(NCc1cccn1C)N1CCN(C(C)C(=O)N2CCCC2)CC1. The maximum atomic E-state index is 12.6. The Balaban J connectivity index is 1.48. The Bertz CT molecular complexity index is 626. The van der Waals surface area contributed by atoms with Crippen LogP contribution in [0.4, 0.5) is 0 Å². The maximum Gasteiger partial charge on any atom is 0.239 e. The Kier molecular flexibility index (Phi) is 6.19. The van der Waals surface area contributed by atoms with E-state index in [1.54, 1.807) is 0 Å². The molecule has 0 radical (unpaired) electrons. The van der Waals surface area contributed by atoms with E-state index in [1.165, 1.54) is 5.69 Å². The summed E-state index contributed by atoms with van der Waals surface area (Å²) in [5.74, 6) is 1.23. The average Bonchev–Trinajstić information content (AvgIpc) is 3.34. The fraction of sp³-hybridized carbons (Fsp3) is 0.684. The summed E-state index contributed by atoms with van der Waals surface area (Å²) in [5.41, 5.74) is 1.23. The number of amides is 1. The first kappa shape index (κ1) is 18.8. The van der Waals surface area contributed by atoms with Crippen molar-refractivity contribution in [3.05, 3.63) is 24.0 Å². The largest absolute Gasteiger partial charge is 0.353 e. The molecule has 2 saturated heterocycles. The number of nitrogens with zero attached hydrogens (tertiary/aromatic N) is 5. The fourth-order valence-electron chi connectivity index (χ4n) is 3.86. The van der Waals surface area contributed by atoms with Crippen molar-refractivity contribution in [1.29, 1.82) is 0 Å². The number of aliphatic imine (C=N–C) groups is 1. The molecule has 144 valence electrons. The molecule has 1 aromatic rings. The third kappa shape index (κ3) is 4.20. The quantitative estimate of drug-likeness (QED) is 0.635. The van der Waals surface area contributed by atoms with Gasteiger partial charge in [0.25, 0.3) is 0 Å². The van der Waals surface area contributed by atoms with Crippen LogP contribution in [0.1, 0.15) is 25.5 Å². The molecule has 0 bridgehead atoms. The van der Waals surface area contributed by atoms with Crippen LogP contribution in [0, 0.1) is 0 Å². The van der Waals surface area contributed by atoms with E-state index in [0.29, 0.717) is 5.91 Å². The third-order valence-electron chi connectivity index (χ3n) is 5.63. The Labute approximate surface area is 156 Å². The van der Waals surface area contributed by atoms with E-state index >= 15 is 0 Å². The summed E-state index contributed by atoms with van der Waals surface area (Å²) in [4.78, 5) is 23.7. The molecule has 3 rings (SSSR count). The van der Waals surface area contributed by atoms with Crippen LogP contribution < -0.4 is 5.32 Å². The number of hydrogen-bond acceptors (Lipinski definition) is 3. The van der Waals surface area contributed by atoms with Crippen molar-refractivity contribution in [2.45, 2.75) is 32.4 Å². The average molecular weight is 361 g/mol. The Morgan fingerprint density at radius 1 is 1.15 bits per heavy atom. The molecular weight excluding hydrogens is 328 g/mol. The topological polar surface area (TPSA) is 56.1 Å². The van der Waals surface area contributed by atoms with Gasteiger partial charge in [-0.2, -0.15) is 0 Å². The van der Waals surface area contributed by atoms with Crippen LogP contribution in [-0.4, -0.2) is 83.5 Å². The number of piperazine rings is 1. The number of aryl methyl sites for hydroxylation is 1. The smallest absolute Gasteiger partial charge is 0.239 e. The van der Waals surface area contributed by atoms with Gasteiger partial charge in [0, 0.05) is 65.3 Å². The zero-order chi connectivity index (χ0) is 18.5. The van der Waals surface area contributed by atoms with Gasteiger partial charge in [0.2, 0.25) is 5.91 Å². The Morgan fingerprint density at radius 3 is 2.42 bits per heavy atom. The molecule has 2 aliphatic rings. The summed E-state index contributed by atoms with van der Waals surface area (Å²) in [7, 11) is 3.89. The van der Waals surface area contributed by atoms with E-state index in [0.717, 1.165) is 64.6 Å². The second kappa shape index (κ2) is 8.58. The molecule has 1 atom stereocenters. The zero-order valence-corrected chi connectivity index (χ0v) is 16.3. The highest BCUT2D eigenvalue weighted by molar-refractivity contribution is 5.82. The van der Waals surface area contributed by atoms with Crippen molar-refractivity contribution in [3.8, 4) is 0 Å². The Morgan fingerprint density at radius 2 is 1.85 bits per heavy atom. The number of rotatable bonds is 4. The molecule has 26 heavy (non-hydrogen) atoms. The summed E-state index contributed by atoms with van der Waals surface area (Å²) in [5, 5.41) is 3.46. The summed E-state index contributed by atoms with van der Waals surface area (Å²) in [6.45, 7) is 8.25. The van der Waals surface area contributed by atoms with E-state index in [2.05, 4.69) is 57.0 Å². The molecule has 1 unspecified atom stereocenters. The van der Waals surface area contributed by atoms with Gasteiger partial charge in [-0.3, -0.25) is 14.7 Å². The van der Waals surface area contributed by atoms with Crippen molar-refractivity contribution in [1.82, 2.24) is 24.6 Å². The van der Waals surface area contributed by atoms with Gasteiger partial charge in [-0.15, -0.1) is 0 Å². The van der Waals surface area contributed by atoms with E-state index in [1.807, 2.05) is 11.9 Å². The third-order valence-corrected chi connectivity index (χ3v) is 5.63. The number of guanidine groups is 1. The van der Waals surface area contributed by atoms with Crippen LogP contribution in [0.15, 0.2) is 23.3 Å². The van der Waals surface area contributed by atoms with Gasteiger partial charge >= 0.3 is 0 Å². The molecule has 3 heterocycles. The number of carbonyl (C=O) groups excluding carboxylic acids is 1. The monoisotopic (exact) mass is 360 g/mol. The van der Waals surface area contributed by atoms with E-state index in [4.69, 9.17) is 0 Å². The van der Waals surface area contributed by atoms with Crippen molar-refractivity contribution >= 4 is 11.9 Å². The van der Waals surface area contributed by atoms with Gasteiger partial charge in [-0.25, -0.2) is 0 Å². The fourth-order valence-corrected chi connectivity index (χ4v) is 3.86. The number of nitrogens with one attached hydrogen (secondary N) is 1. The van der Waals surface area contributed by atoms with Crippen LogP contribution in [0.3, 0.4) is 0 Å². The van der Waals surface area contributed by atoms with E-state index in [9.17, 15) is 4.79 Å². The zero-order valence-electron chi connectivity index (χ0n) is 16.3. The number of likely N-dealkylation sites (tertiary alicyclic amines) is 1. The van der Waals surface area contributed by atoms with Crippen molar-refractivity contribution in [3.63, 3.8) is 0 Å². The van der Waals surface area contributed by atoms with Gasteiger partial charge < -0.3 is 19.7 Å².